The lowest BCUT2D eigenvalue weighted by Crippen LogP contribution is -2.34. The van der Waals surface area contributed by atoms with Gasteiger partial charge in [0.05, 0.1) is 10.7 Å². The Morgan fingerprint density at radius 1 is 1.32 bits per heavy atom. The molecule has 1 unspecified atom stereocenters. The fourth-order valence-electron chi connectivity index (χ4n) is 3.12. The Kier molecular flexibility index (Phi) is 5.12. The topological polar surface area (TPSA) is 29.3 Å². The fourth-order valence-corrected chi connectivity index (χ4v) is 3.44. The lowest BCUT2D eigenvalue weighted by atomic mass is 9.93. The number of halogens is 1. The molecule has 0 aliphatic heterocycles. The highest BCUT2D eigenvalue weighted by Crippen LogP contribution is 2.34. The van der Waals surface area contributed by atoms with Crippen molar-refractivity contribution in [3.63, 3.8) is 0 Å². The van der Waals surface area contributed by atoms with Gasteiger partial charge in [-0.1, -0.05) is 43.0 Å². The van der Waals surface area contributed by atoms with Gasteiger partial charge in [-0.2, -0.15) is 0 Å². The van der Waals surface area contributed by atoms with E-state index < -0.39 is 0 Å². The molecule has 2 nitrogen and oxygen atoms in total. The van der Waals surface area contributed by atoms with E-state index in [9.17, 15) is 0 Å². The lowest BCUT2D eigenvalue weighted by molar-refractivity contribution is 0.427. The first-order chi connectivity index (χ1) is 9.09. The van der Waals surface area contributed by atoms with Crippen molar-refractivity contribution in [3.8, 4) is 0 Å². The molecule has 0 spiro atoms. The molecule has 1 aliphatic carbocycles. The third-order valence-electron chi connectivity index (χ3n) is 4.09. The van der Waals surface area contributed by atoms with Crippen molar-refractivity contribution in [3.05, 3.63) is 28.8 Å². The van der Waals surface area contributed by atoms with Gasteiger partial charge in [0, 0.05) is 19.1 Å². The Labute approximate surface area is 121 Å². The first-order valence-electron chi connectivity index (χ1n) is 7.35. The Hall–Kier alpha value is -0.730. The highest BCUT2D eigenvalue weighted by atomic mass is 35.5. The van der Waals surface area contributed by atoms with E-state index in [-0.39, 0.29) is 6.04 Å². The lowest BCUT2D eigenvalue weighted by Gasteiger charge is -2.35. The minimum atomic E-state index is 0.164. The first-order valence-corrected chi connectivity index (χ1v) is 7.73. The number of rotatable bonds is 4. The molecule has 1 aromatic rings. The van der Waals surface area contributed by atoms with Crippen molar-refractivity contribution in [2.75, 3.05) is 11.9 Å². The number of hydrogen-bond acceptors (Lipinski definition) is 2. The summed E-state index contributed by atoms with van der Waals surface area (Å²) in [6, 6.07) is 6.96. The Balaban J connectivity index is 2.25. The van der Waals surface area contributed by atoms with E-state index in [1.807, 2.05) is 19.1 Å². The Bertz CT molecular complexity index is 411. The Morgan fingerprint density at radius 3 is 2.63 bits per heavy atom. The predicted molar refractivity (Wildman–Crippen MR) is 84.1 cm³/mol. The number of nitrogens with zero attached hydrogens (tertiary/aromatic N) is 1. The summed E-state index contributed by atoms with van der Waals surface area (Å²) in [6.07, 6.45) is 7.48. The molecule has 3 heteroatoms. The summed E-state index contributed by atoms with van der Waals surface area (Å²) in [4.78, 5) is 2.39. The SMILES string of the molecule is CC(N)Cc1cccc(Cl)c1N(C)C1CCCCC1. The van der Waals surface area contributed by atoms with Crippen LogP contribution >= 0.6 is 11.6 Å². The zero-order chi connectivity index (χ0) is 13.8. The summed E-state index contributed by atoms with van der Waals surface area (Å²) >= 11 is 6.44. The fraction of sp³-hybridized carbons (Fsp3) is 0.625. The van der Waals surface area contributed by atoms with Crippen LogP contribution in [0.5, 0.6) is 0 Å². The third-order valence-corrected chi connectivity index (χ3v) is 4.39. The molecular formula is C16H25ClN2. The van der Waals surface area contributed by atoms with Gasteiger partial charge in [-0.05, 0) is 37.8 Å². The molecule has 0 saturated heterocycles. The maximum atomic E-state index is 6.44. The summed E-state index contributed by atoms with van der Waals surface area (Å²) in [5.74, 6) is 0. The van der Waals surface area contributed by atoms with Crippen LogP contribution in [0.4, 0.5) is 5.69 Å². The van der Waals surface area contributed by atoms with Gasteiger partial charge in [-0.3, -0.25) is 0 Å². The molecule has 0 aromatic heterocycles. The maximum Gasteiger partial charge on any atom is 0.0642 e. The van der Waals surface area contributed by atoms with Crippen LogP contribution in [0.2, 0.25) is 5.02 Å². The van der Waals surface area contributed by atoms with Crippen molar-refractivity contribution in [2.24, 2.45) is 5.73 Å². The van der Waals surface area contributed by atoms with Gasteiger partial charge in [0.1, 0.15) is 0 Å². The molecule has 1 aromatic carbocycles. The predicted octanol–water partition coefficient (Wildman–Crippen LogP) is 4.00. The highest BCUT2D eigenvalue weighted by Gasteiger charge is 2.22. The summed E-state index contributed by atoms with van der Waals surface area (Å²) in [5, 5.41) is 0.853. The van der Waals surface area contributed by atoms with Crippen molar-refractivity contribution >= 4 is 17.3 Å². The van der Waals surface area contributed by atoms with Crippen LogP contribution in [0.3, 0.4) is 0 Å². The van der Waals surface area contributed by atoms with Crippen LogP contribution < -0.4 is 10.6 Å². The molecule has 0 amide bonds. The van der Waals surface area contributed by atoms with Gasteiger partial charge in [0.15, 0.2) is 0 Å². The summed E-state index contributed by atoms with van der Waals surface area (Å²) in [7, 11) is 2.18. The minimum absolute atomic E-state index is 0.164. The van der Waals surface area contributed by atoms with E-state index >= 15 is 0 Å². The van der Waals surface area contributed by atoms with E-state index in [4.69, 9.17) is 17.3 Å². The van der Waals surface area contributed by atoms with Crippen molar-refractivity contribution in [2.45, 2.75) is 57.5 Å². The molecule has 2 rings (SSSR count). The van der Waals surface area contributed by atoms with E-state index in [1.165, 1.54) is 43.4 Å². The van der Waals surface area contributed by atoms with Crippen LogP contribution in [-0.4, -0.2) is 19.1 Å². The number of para-hydroxylation sites is 1. The van der Waals surface area contributed by atoms with Gasteiger partial charge < -0.3 is 10.6 Å². The van der Waals surface area contributed by atoms with Crippen molar-refractivity contribution < 1.29 is 0 Å². The zero-order valence-electron chi connectivity index (χ0n) is 12.0. The molecule has 1 aliphatic rings. The number of hydrogen-bond donors (Lipinski definition) is 1. The quantitative estimate of drug-likeness (QED) is 0.903. The smallest absolute Gasteiger partial charge is 0.0642 e. The van der Waals surface area contributed by atoms with Gasteiger partial charge in [0.25, 0.3) is 0 Å². The standard InChI is InChI=1S/C16H25ClN2/c1-12(18)11-13-7-6-10-15(17)16(13)19(2)14-8-4-3-5-9-14/h6-7,10,12,14H,3-5,8-9,11,18H2,1-2H3. The van der Waals surface area contributed by atoms with E-state index in [0.29, 0.717) is 6.04 Å². The molecular weight excluding hydrogens is 256 g/mol. The normalized spacial score (nSPS) is 18.3. The van der Waals surface area contributed by atoms with Crippen LogP contribution in [-0.2, 0) is 6.42 Å². The number of nitrogens with two attached hydrogens (primary N) is 1. The molecule has 106 valence electrons. The van der Waals surface area contributed by atoms with E-state index in [2.05, 4.69) is 18.0 Å². The van der Waals surface area contributed by atoms with E-state index in [1.54, 1.807) is 0 Å². The van der Waals surface area contributed by atoms with E-state index in [0.717, 1.165) is 11.4 Å². The molecule has 0 radical (unpaired) electrons. The largest absolute Gasteiger partial charge is 0.370 e. The van der Waals surface area contributed by atoms with Gasteiger partial charge in [0.2, 0.25) is 0 Å². The second-order valence-electron chi connectivity index (χ2n) is 5.83. The monoisotopic (exact) mass is 280 g/mol. The third kappa shape index (κ3) is 3.64. The molecule has 1 fully saturated rings. The maximum absolute atomic E-state index is 6.44. The Morgan fingerprint density at radius 2 is 2.00 bits per heavy atom. The molecule has 1 saturated carbocycles. The van der Waals surface area contributed by atoms with Crippen LogP contribution in [0.1, 0.15) is 44.6 Å². The summed E-state index contributed by atoms with van der Waals surface area (Å²) < 4.78 is 0. The highest BCUT2D eigenvalue weighted by molar-refractivity contribution is 6.33. The second-order valence-corrected chi connectivity index (χ2v) is 6.24. The minimum Gasteiger partial charge on any atom is -0.370 e. The summed E-state index contributed by atoms with van der Waals surface area (Å²) in [6.45, 7) is 2.05. The summed E-state index contributed by atoms with van der Waals surface area (Å²) in [5.41, 5.74) is 8.42. The van der Waals surface area contributed by atoms with Gasteiger partial charge >= 0.3 is 0 Å². The molecule has 0 bridgehead atoms. The molecule has 2 N–H and O–H groups in total. The zero-order valence-corrected chi connectivity index (χ0v) is 12.8. The van der Waals surface area contributed by atoms with Crippen LogP contribution in [0, 0.1) is 0 Å². The van der Waals surface area contributed by atoms with Gasteiger partial charge in [-0.25, -0.2) is 0 Å². The average molecular weight is 281 g/mol. The molecule has 0 heterocycles. The van der Waals surface area contributed by atoms with Gasteiger partial charge in [-0.15, -0.1) is 0 Å². The molecule has 1 atom stereocenters. The average Bonchev–Trinajstić information content (AvgIpc) is 2.38. The second kappa shape index (κ2) is 6.62. The van der Waals surface area contributed by atoms with Crippen LogP contribution in [0.25, 0.3) is 0 Å². The van der Waals surface area contributed by atoms with Crippen molar-refractivity contribution in [1.29, 1.82) is 0 Å². The van der Waals surface area contributed by atoms with Crippen molar-refractivity contribution in [1.82, 2.24) is 0 Å². The first kappa shape index (κ1) is 14.7. The number of benzene rings is 1. The van der Waals surface area contributed by atoms with Crippen LogP contribution in [0.15, 0.2) is 18.2 Å². The number of anilines is 1. The molecule has 19 heavy (non-hydrogen) atoms.